The van der Waals surface area contributed by atoms with Crippen molar-refractivity contribution in [1.82, 2.24) is 39.8 Å². The molecule has 0 saturated carbocycles. The highest BCUT2D eigenvalue weighted by atomic mass is 32.1. The highest BCUT2D eigenvalue weighted by Gasteiger charge is 2.43. The summed E-state index contributed by atoms with van der Waals surface area (Å²) in [6.07, 6.45) is 2.87. The highest BCUT2D eigenvalue weighted by Crippen LogP contribution is 2.34. The lowest BCUT2D eigenvalue weighted by Gasteiger charge is -2.35. The van der Waals surface area contributed by atoms with Crippen LogP contribution < -0.4 is 25.1 Å². The van der Waals surface area contributed by atoms with Crippen LogP contribution in [0.25, 0.3) is 33.1 Å². The number of nitrogens with zero attached hydrogens (tertiary/aromatic N) is 7. The predicted octanol–water partition coefficient (Wildman–Crippen LogP) is 6.79. The molecule has 0 bridgehead atoms. The third kappa shape index (κ3) is 12.9. The van der Waals surface area contributed by atoms with Gasteiger partial charge in [-0.2, -0.15) is 5.10 Å². The van der Waals surface area contributed by atoms with Gasteiger partial charge in [-0.1, -0.05) is 44.2 Å². The number of aromatic nitrogens is 5. The number of hydrogen-bond acceptors (Lipinski definition) is 16. The van der Waals surface area contributed by atoms with Crippen LogP contribution in [0.3, 0.4) is 0 Å². The summed E-state index contributed by atoms with van der Waals surface area (Å²) >= 11 is 1.55. The molecule has 9 rings (SSSR count). The first kappa shape index (κ1) is 52.3. The molecule has 75 heavy (non-hydrogen) atoms. The van der Waals surface area contributed by atoms with E-state index >= 15 is 0 Å². The molecule has 3 aromatic carbocycles. The number of fused-ring (bicyclic) bond motifs is 2. The number of carbonyl (C=O) groups is 3. The van der Waals surface area contributed by atoms with E-state index in [1.165, 1.54) is 10.7 Å². The van der Waals surface area contributed by atoms with Gasteiger partial charge in [0, 0.05) is 49.9 Å². The van der Waals surface area contributed by atoms with Crippen LogP contribution in [0.2, 0.25) is 0 Å². The normalized spacial score (nSPS) is 14.7. The minimum Gasteiger partial charge on any atom is -0.491 e. The molecule has 2 aliphatic rings. The predicted molar refractivity (Wildman–Crippen MR) is 278 cm³/mol. The van der Waals surface area contributed by atoms with E-state index in [1.54, 1.807) is 64.7 Å². The van der Waals surface area contributed by atoms with Gasteiger partial charge in [-0.05, 0) is 79.3 Å². The average molecular weight is 1040 g/mol. The molecule has 1 saturated heterocycles. The molecular weight excluding hydrogens is 981 g/mol. The second-order valence-corrected chi connectivity index (χ2v) is 19.3. The molecule has 0 aliphatic carbocycles. The quantitative estimate of drug-likeness (QED) is 0.0584. The van der Waals surface area contributed by atoms with Crippen molar-refractivity contribution in [3.63, 3.8) is 0 Å². The Kier molecular flexibility index (Phi) is 17.2. The lowest BCUT2D eigenvalue weighted by molar-refractivity contribution is -0.143. The zero-order valence-corrected chi connectivity index (χ0v) is 43.2. The van der Waals surface area contributed by atoms with Crippen LogP contribution in [0, 0.1) is 12.8 Å². The van der Waals surface area contributed by atoms with Crippen molar-refractivity contribution in [2.24, 2.45) is 13.0 Å². The van der Waals surface area contributed by atoms with Gasteiger partial charge in [-0.25, -0.2) is 14.6 Å². The molecule has 4 aromatic heterocycles. The Morgan fingerprint density at radius 3 is 2.32 bits per heavy atom. The summed E-state index contributed by atoms with van der Waals surface area (Å²) in [6.45, 7) is 9.94. The van der Waals surface area contributed by atoms with Crippen LogP contribution in [-0.4, -0.2) is 124 Å². The second kappa shape index (κ2) is 24.7. The molecule has 2 aliphatic heterocycles. The SMILES string of the molecule is Cc1ncsc1-c1ccc(CNC(=O)[C@@H]2CCCN2C(=O)[C@H](C(C)C)N2Cc3ccccc3C2=O)c(OCCOCCOCCOCCOc2ccc(COc3ccc4oc(-c5ccc(=O)n(C)n5)nc4c3)nc2)c1. The van der Waals surface area contributed by atoms with E-state index < -0.39 is 12.1 Å². The van der Waals surface area contributed by atoms with Gasteiger partial charge in [-0.15, -0.1) is 11.3 Å². The van der Waals surface area contributed by atoms with E-state index in [9.17, 15) is 19.2 Å². The molecule has 6 heterocycles. The van der Waals surface area contributed by atoms with E-state index in [2.05, 4.69) is 25.4 Å². The smallest absolute Gasteiger partial charge is 0.266 e. The molecule has 20 heteroatoms. The van der Waals surface area contributed by atoms with Crippen molar-refractivity contribution in [1.29, 1.82) is 0 Å². The Morgan fingerprint density at radius 1 is 0.840 bits per heavy atom. The molecule has 1 N–H and O–H groups in total. The third-order valence-corrected chi connectivity index (χ3v) is 13.9. The fourth-order valence-corrected chi connectivity index (χ4v) is 9.84. The summed E-state index contributed by atoms with van der Waals surface area (Å²) in [5.41, 5.74) is 8.11. The number of pyridine rings is 1. The molecule has 0 spiro atoms. The highest BCUT2D eigenvalue weighted by molar-refractivity contribution is 7.13. The molecule has 19 nitrogen and oxygen atoms in total. The van der Waals surface area contributed by atoms with Crippen LogP contribution in [-0.2, 0) is 50.5 Å². The van der Waals surface area contributed by atoms with Crippen molar-refractivity contribution in [2.45, 2.75) is 65.4 Å². The van der Waals surface area contributed by atoms with Crippen molar-refractivity contribution >= 4 is 40.2 Å². The van der Waals surface area contributed by atoms with Gasteiger partial charge < -0.3 is 48.0 Å². The molecular formula is C55H60N8O11S. The van der Waals surface area contributed by atoms with E-state index in [4.69, 9.17) is 32.8 Å². The average Bonchev–Trinajstić information content (AvgIpc) is 4.25. The number of oxazole rings is 1. The summed E-state index contributed by atoms with van der Waals surface area (Å²) in [5, 5.41) is 7.28. The monoisotopic (exact) mass is 1040 g/mol. The lowest BCUT2D eigenvalue weighted by atomic mass is 10.0. The van der Waals surface area contributed by atoms with Crippen LogP contribution in [0.1, 0.15) is 59.6 Å². The van der Waals surface area contributed by atoms with Gasteiger partial charge in [0.15, 0.2) is 5.58 Å². The first-order valence-corrected chi connectivity index (χ1v) is 25.9. The largest absolute Gasteiger partial charge is 0.491 e. The Bertz CT molecular complexity index is 3160. The Balaban J connectivity index is 0.657. The maximum atomic E-state index is 14.2. The van der Waals surface area contributed by atoms with E-state index in [0.29, 0.717) is 123 Å². The van der Waals surface area contributed by atoms with Gasteiger partial charge in [0.1, 0.15) is 60.4 Å². The molecule has 392 valence electrons. The summed E-state index contributed by atoms with van der Waals surface area (Å²) in [6, 6.07) is 24.0. The number of aryl methyl sites for hydroxylation is 2. The molecule has 0 radical (unpaired) electrons. The number of thiazole rings is 1. The van der Waals surface area contributed by atoms with Crippen LogP contribution in [0.5, 0.6) is 17.2 Å². The number of amides is 3. The van der Waals surface area contributed by atoms with Crippen molar-refractivity contribution < 1.29 is 47.2 Å². The fraction of sp³-hybridized carbons (Fsp3) is 0.382. The number of rotatable bonds is 25. The van der Waals surface area contributed by atoms with Gasteiger partial charge >= 0.3 is 0 Å². The van der Waals surface area contributed by atoms with Crippen LogP contribution >= 0.6 is 11.3 Å². The molecule has 2 atom stereocenters. The maximum absolute atomic E-state index is 14.2. The Labute approximate surface area is 437 Å². The van der Waals surface area contributed by atoms with Gasteiger partial charge in [0.05, 0.1) is 67.6 Å². The zero-order chi connectivity index (χ0) is 52.3. The number of carbonyl (C=O) groups excluding carboxylic acids is 3. The van der Waals surface area contributed by atoms with E-state index in [-0.39, 0.29) is 49.0 Å². The minimum atomic E-state index is -0.681. The number of nitrogens with one attached hydrogen (secondary N) is 1. The fourth-order valence-electron chi connectivity index (χ4n) is 9.04. The molecule has 0 unspecified atom stereocenters. The topological polar surface area (TPSA) is 212 Å². The first-order chi connectivity index (χ1) is 36.5. The van der Waals surface area contributed by atoms with Gasteiger partial charge in [-0.3, -0.25) is 24.2 Å². The van der Waals surface area contributed by atoms with Gasteiger partial charge in [0.2, 0.25) is 17.7 Å². The summed E-state index contributed by atoms with van der Waals surface area (Å²) < 4.78 is 42.2. The Morgan fingerprint density at radius 2 is 1.60 bits per heavy atom. The van der Waals surface area contributed by atoms with E-state index in [1.807, 2.05) is 74.8 Å². The molecule has 1 fully saturated rings. The minimum absolute atomic E-state index is 0.145. The summed E-state index contributed by atoms with van der Waals surface area (Å²) in [4.78, 5) is 70.9. The van der Waals surface area contributed by atoms with Crippen LogP contribution in [0.4, 0.5) is 0 Å². The molecule has 7 aromatic rings. The number of hydrogen-bond donors (Lipinski definition) is 1. The van der Waals surface area contributed by atoms with Crippen molar-refractivity contribution in [3.05, 3.63) is 135 Å². The number of ether oxygens (including phenoxy) is 6. The van der Waals surface area contributed by atoms with Crippen molar-refractivity contribution in [3.8, 4) is 39.3 Å². The number of benzene rings is 3. The standard InChI is InChI=1S/C55H60N8O11S/c1-35(2)50(63-32-39-8-5-6-9-43(39)54(63)66)55(67)62-19-7-10-46(62)52(65)57-30-38-12-11-37(51-36(3)58-34-75-51)28-48(38)72-27-25-70-23-21-68-20-22-69-24-26-71-42-14-13-40(56-31-42)33-73-41-15-17-47-45(29-41)59-53(74-47)44-16-18-49(64)61(4)60-44/h5-6,8-9,11-18,28-29,31,34-35,46,50H,7,10,19-27,30,32-33H2,1-4H3,(H,57,65)/t46-,50-/m0/s1. The summed E-state index contributed by atoms with van der Waals surface area (Å²) in [7, 11) is 1.57. The van der Waals surface area contributed by atoms with Crippen molar-refractivity contribution in [2.75, 3.05) is 59.4 Å². The zero-order valence-electron chi connectivity index (χ0n) is 42.4. The maximum Gasteiger partial charge on any atom is 0.266 e. The third-order valence-electron chi connectivity index (χ3n) is 12.9. The summed E-state index contributed by atoms with van der Waals surface area (Å²) in [5.74, 6) is 1.39. The lowest BCUT2D eigenvalue weighted by Crippen LogP contribution is -2.55. The van der Waals surface area contributed by atoms with Crippen LogP contribution in [0.15, 0.2) is 106 Å². The van der Waals surface area contributed by atoms with Gasteiger partial charge in [0.25, 0.3) is 11.5 Å². The molecule has 3 amide bonds. The second-order valence-electron chi connectivity index (χ2n) is 18.4. The number of likely N-dealkylation sites (tertiary alicyclic amines) is 1. The Hall–Kier alpha value is -7.52. The van der Waals surface area contributed by atoms with E-state index in [0.717, 1.165) is 27.3 Å². The first-order valence-electron chi connectivity index (χ1n) is 25.0.